The van der Waals surface area contributed by atoms with Crippen LogP contribution < -0.4 is 0 Å². The molecular formula is C19H24. The molecule has 0 spiro atoms. The summed E-state index contributed by atoms with van der Waals surface area (Å²) in [5.41, 5.74) is 8.52. The molecule has 0 N–H and O–H groups in total. The van der Waals surface area contributed by atoms with Crippen molar-refractivity contribution >= 4 is 0 Å². The molecule has 0 heteroatoms. The fourth-order valence-corrected chi connectivity index (χ4v) is 2.92. The molecule has 0 fully saturated rings. The van der Waals surface area contributed by atoms with Crippen molar-refractivity contribution < 1.29 is 0 Å². The van der Waals surface area contributed by atoms with E-state index in [4.69, 9.17) is 0 Å². The molecule has 0 radical (unpaired) electrons. The Labute approximate surface area is 117 Å². The standard InChI is InChI=1S/C19H24/c1-5-8-17-10-7-9-16(6-2)19(17)18-12-14(3)11-15(4)13-18/h7,9-13H,5-6,8H2,1-4H3. The van der Waals surface area contributed by atoms with E-state index in [1.807, 2.05) is 0 Å². The van der Waals surface area contributed by atoms with Gasteiger partial charge in [-0.3, -0.25) is 0 Å². The molecule has 0 amide bonds. The van der Waals surface area contributed by atoms with Crippen LogP contribution in [0.1, 0.15) is 42.5 Å². The maximum Gasteiger partial charge on any atom is -0.0120 e. The van der Waals surface area contributed by atoms with E-state index in [9.17, 15) is 0 Å². The summed E-state index contributed by atoms with van der Waals surface area (Å²) < 4.78 is 0. The maximum atomic E-state index is 2.32. The molecule has 0 bridgehead atoms. The Kier molecular flexibility index (Phi) is 4.42. The van der Waals surface area contributed by atoms with E-state index in [0.29, 0.717) is 0 Å². The number of hydrogen-bond acceptors (Lipinski definition) is 0. The Bertz CT molecular complexity index is 544. The highest BCUT2D eigenvalue weighted by Gasteiger charge is 2.10. The van der Waals surface area contributed by atoms with Gasteiger partial charge in [-0.2, -0.15) is 0 Å². The topological polar surface area (TPSA) is 0 Å². The fraction of sp³-hybridized carbons (Fsp3) is 0.368. The van der Waals surface area contributed by atoms with Gasteiger partial charge in [0.15, 0.2) is 0 Å². The third-order valence-corrected chi connectivity index (χ3v) is 3.65. The molecule has 2 aromatic carbocycles. The molecule has 0 aliphatic heterocycles. The first kappa shape index (κ1) is 13.9. The summed E-state index contributed by atoms with van der Waals surface area (Å²) in [6, 6.07) is 13.6. The molecule has 100 valence electrons. The Morgan fingerprint density at radius 3 is 2.05 bits per heavy atom. The van der Waals surface area contributed by atoms with Crippen molar-refractivity contribution in [2.24, 2.45) is 0 Å². The van der Waals surface area contributed by atoms with Gasteiger partial charge in [0.25, 0.3) is 0 Å². The highest BCUT2D eigenvalue weighted by atomic mass is 14.1. The molecular weight excluding hydrogens is 228 g/mol. The van der Waals surface area contributed by atoms with Crippen LogP contribution >= 0.6 is 0 Å². The van der Waals surface area contributed by atoms with Crippen LogP contribution in [0.15, 0.2) is 36.4 Å². The van der Waals surface area contributed by atoms with Gasteiger partial charge in [-0.1, -0.05) is 67.8 Å². The monoisotopic (exact) mass is 252 g/mol. The SMILES string of the molecule is CCCc1cccc(CC)c1-c1cc(C)cc(C)c1. The van der Waals surface area contributed by atoms with Crippen molar-refractivity contribution in [3.63, 3.8) is 0 Å². The Balaban J connectivity index is 2.64. The minimum absolute atomic E-state index is 1.10. The summed E-state index contributed by atoms with van der Waals surface area (Å²) in [7, 11) is 0. The minimum atomic E-state index is 1.10. The molecule has 0 atom stereocenters. The summed E-state index contributed by atoms with van der Waals surface area (Å²) in [4.78, 5) is 0. The zero-order chi connectivity index (χ0) is 13.8. The van der Waals surface area contributed by atoms with E-state index in [1.54, 1.807) is 0 Å². The molecule has 19 heavy (non-hydrogen) atoms. The van der Waals surface area contributed by atoms with Gasteiger partial charge in [-0.15, -0.1) is 0 Å². The maximum absolute atomic E-state index is 2.32. The quantitative estimate of drug-likeness (QED) is 0.675. The molecule has 0 aliphatic rings. The van der Waals surface area contributed by atoms with Crippen LogP contribution in [0.3, 0.4) is 0 Å². The van der Waals surface area contributed by atoms with Crippen LogP contribution in [-0.4, -0.2) is 0 Å². The Morgan fingerprint density at radius 1 is 0.842 bits per heavy atom. The Hall–Kier alpha value is -1.56. The van der Waals surface area contributed by atoms with Crippen LogP contribution in [0, 0.1) is 13.8 Å². The third kappa shape index (κ3) is 3.07. The first-order chi connectivity index (χ1) is 9.15. The van der Waals surface area contributed by atoms with Crippen molar-refractivity contribution in [1.82, 2.24) is 0 Å². The van der Waals surface area contributed by atoms with Crippen molar-refractivity contribution in [3.05, 3.63) is 58.7 Å². The van der Waals surface area contributed by atoms with Crippen molar-refractivity contribution in [1.29, 1.82) is 0 Å². The highest BCUT2D eigenvalue weighted by Crippen LogP contribution is 2.30. The van der Waals surface area contributed by atoms with Crippen molar-refractivity contribution in [3.8, 4) is 11.1 Å². The second-order valence-corrected chi connectivity index (χ2v) is 5.43. The summed E-state index contributed by atoms with van der Waals surface area (Å²) in [6.07, 6.45) is 3.46. The molecule has 0 unspecified atom stereocenters. The lowest BCUT2D eigenvalue weighted by atomic mass is 9.89. The molecule has 0 aromatic heterocycles. The normalized spacial score (nSPS) is 10.7. The van der Waals surface area contributed by atoms with Gasteiger partial charge in [0.1, 0.15) is 0 Å². The lowest BCUT2D eigenvalue weighted by Crippen LogP contribution is -1.96. The van der Waals surface area contributed by atoms with Crippen molar-refractivity contribution in [2.45, 2.75) is 47.0 Å². The van der Waals surface area contributed by atoms with Crippen LogP contribution in [0.25, 0.3) is 11.1 Å². The van der Waals surface area contributed by atoms with Gasteiger partial charge in [0, 0.05) is 0 Å². The summed E-state index contributed by atoms with van der Waals surface area (Å²) >= 11 is 0. The smallest absolute Gasteiger partial charge is 0.0120 e. The van der Waals surface area contributed by atoms with Crippen LogP contribution in [0.2, 0.25) is 0 Å². The summed E-state index contributed by atoms with van der Waals surface area (Å²) in [5.74, 6) is 0. The largest absolute Gasteiger partial charge is 0.0651 e. The fourth-order valence-electron chi connectivity index (χ4n) is 2.92. The number of benzene rings is 2. The molecule has 0 saturated carbocycles. The van der Waals surface area contributed by atoms with E-state index >= 15 is 0 Å². The lowest BCUT2D eigenvalue weighted by molar-refractivity contribution is 0.919. The van der Waals surface area contributed by atoms with Gasteiger partial charge in [-0.05, 0) is 48.9 Å². The molecule has 2 rings (SSSR count). The van der Waals surface area contributed by atoms with Crippen molar-refractivity contribution in [2.75, 3.05) is 0 Å². The Morgan fingerprint density at radius 2 is 1.47 bits per heavy atom. The van der Waals surface area contributed by atoms with E-state index in [0.717, 1.165) is 12.8 Å². The number of hydrogen-bond donors (Lipinski definition) is 0. The lowest BCUT2D eigenvalue weighted by Gasteiger charge is -2.15. The van der Waals surface area contributed by atoms with Gasteiger partial charge in [0.05, 0.1) is 0 Å². The van der Waals surface area contributed by atoms with Crippen LogP contribution in [0.5, 0.6) is 0 Å². The van der Waals surface area contributed by atoms with E-state index in [1.165, 1.54) is 39.8 Å². The number of aryl methyl sites for hydroxylation is 4. The van der Waals surface area contributed by atoms with E-state index in [2.05, 4.69) is 64.1 Å². The molecule has 2 aromatic rings. The second kappa shape index (κ2) is 6.06. The summed E-state index contributed by atoms with van der Waals surface area (Å²) in [5, 5.41) is 0. The van der Waals surface area contributed by atoms with Crippen LogP contribution in [0.4, 0.5) is 0 Å². The predicted molar refractivity (Wildman–Crippen MR) is 84.7 cm³/mol. The average Bonchev–Trinajstić information content (AvgIpc) is 2.37. The molecule has 0 aliphatic carbocycles. The molecule has 0 heterocycles. The zero-order valence-electron chi connectivity index (χ0n) is 12.6. The van der Waals surface area contributed by atoms with Gasteiger partial charge in [0.2, 0.25) is 0 Å². The predicted octanol–water partition coefficient (Wildman–Crippen LogP) is 5.49. The number of rotatable bonds is 4. The average molecular weight is 252 g/mol. The van der Waals surface area contributed by atoms with Crippen LogP contribution in [-0.2, 0) is 12.8 Å². The van der Waals surface area contributed by atoms with E-state index < -0.39 is 0 Å². The highest BCUT2D eigenvalue weighted by molar-refractivity contribution is 5.72. The molecule has 0 nitrogen and oxygen atoms in total. The first-order valence-electron chi connectivity index (χ1n) is 7.35. The summed E-state index contributed by atoms with van der Waals surface area (Å²) in [6.45, 7) is 8.87. The van der Waals surface area contributed by atoms with Gasteiger partial charge < -0.3 is 0 Å². The minimum Gasteiger partial charge on any atom is -0.0651 e. The van der Waals surface area contributed by atoms with Gasteiger partial charge >= 0.3 is 0 Å². The second-order valence-electron chi connectivity index (χ2n) is 5.43. The third-order valence-electron chi connectivity index (χ3n) is 3.65. The zero-order valence-corrected chi connectivity index (χ0v) is 12.6. The van der Waals surface area contributed by atoms with Gasteiger partial charge in [-0.25, -0.2) is 0 Å². The van der Waals surface area contributed by atoms with E-state index in [-0.39, 0.29) is 0 Å². The molecule has 0 saturated heterocycles. The first-order valence-corrected chi connectivity index (χ1v) is 7.35.